The zero-order valence-electron chi connectivity index (χ0n) is 14.1. The van der Waals surface area contributed by atoms with Gasteiger partial charge in [-0.3, -0.25) is 4.68 Å². The Hall–Kier alpha value is -0.830. The Morgan fingerprint density at radius 3 is 2.71 bits per heavy atom. The van der Waals surface area contributed by atoms with Crippen molar-refractivity contribution >= 4 is 0 Å². The summed E-state index contributed by atoms with van der Waals surface area (Å²) in [6, 6.07) is 3.54. The minimum atomic E-state index is 0.649. The van der Waals surface area contributed by atoms with Gasteiger partial charge in [-0.15, -0.1) is 0 Å². The molecule has 2 rings (SSSR count). The molecule has 1 heterocycles. The second-order valence-electron chi connectivity index (χ2n) is 6.88. The second-order valence-corrected chi connectivity index (χ2v) is 6.88. The highest BCUT2D eigenvalue weighted by Gasteiger charge is 2.16. The topological polar surface area (TPSA) is 29.9 Å². The number of nitrogens with one attached hydrogen (secondary N) is 1. The van der Waals surface area contributed by atoms with Crippen molar-refractivity contribution in [2.24, 2.45) is 5.92 Å². The maximum Gasteiger partial charge on any atom is 0.0624 e. The molecule has 21 heavy (non-hydrogen) atoms. The highest BCUT2D eigenvalue weighted by atomic mass is 15.3. The summed E-state index contributed by atoms with van der Waals surface area (Å²) in [7, 11) is 0. The van der Waals surface area contributed by atoms with Crippen LogP contribution in [0.3, 0.4) is 0 Å². The maximum atomic E-state index is 4.82. The van der Waals surface area contributed by atoms with Crippen molar-refractivity contribution in [1.29, 1.82) is 0 Å². The summed E-state index contributed by atoms with van der Waals surface area (Å²) in [4.78, 5) is 0. The number of aryl methyl sites for hydroxylation is 1. The Morgan fingerprint density at radius 2 is 2.05 bits per heavy atom. The van der Waals surface area contributed by atoms with Crippen molar-refractivity contribution in [3.05, 3.63) is 18.0 Å². The number of hydrogen-bond donors (Lipinski definition) is 1. The average molecular weight is 291 g/mol. The highest BCUT2D eigenvalue weighted by molar-refractivity contribution is 5.00. The first-order valence-electron chi connectivity index (χ1n) is 8.98. The van der Waals surface area contributed by atoms with E-state index in [0.717, 1.165) is 13.0 Å². The average Bonchev–Trinajstić information content (AvgIpc) is 2.96. The van der Waals surface area contributed by atoms with E-state index in [2.05, 4.69) is 43.0 Å². The monoisotopic (exact) mass is 291 g/mol. The molecular formula is C18H33N3. The highest BCUT2D eigenvalue weighted by Crippen LogP contribution is 2.27. The van der Waals surface area contributed by atoms with Gasteiger partial charge in [0.15, 0.2) is 0 Å². The van der Waals surface area contributed by atoms with Crippen LogP contribution in [0, 0.1) is 5.92 Å². The van der Waals surface area contributed by atoms with Crippen molar-refractivity contribution in [1.82, 2.24) is 15.1 Å². The minimum Gasteiger partial charge on any atom is -0.314 e. The zero-order valence-corrected chi connectivity index (χ0v) is 14.1. The van der Waals surface area contributed by atoms with Gasteiger partial charge in [0, 0.05) is 12.2 Å². The molecule has 0 bridgehead atoms. The fourth-order valence-corrected chi connectivity index (χ4v) is 3.50. The van der Waals surface area contributed by atoms with Gasteiger partial charge in [0.25, 0.3) is 0 Å². The lowest BCUT2D eigenvalue weighted by atomic mass is 9.96. The SMILES string of the molecule is CCNC(CCCc1ccn(C2CCCCC2)n1)C(C)C. The molecule has 1 N–H and O–H groups in total. The van der Waals surface area contributed by atoms with Gasteiger partial charge in [-0.1, -0.05) is 40.0 Å². The Morgan fingerprint density at radius 1 is 1.29 bits per heavy atom. The Kier molecular flexibility index (Phi) is 6.75. The first-order chi connectivity index (χ1) is 10.2. The summed E-state index contributed by atoms with van der Waals surface area (Å²) in [6.07, 6.45) is 12.6. The fourth-order valence-electron chi connectivity index (χ4n) is 3.50. The third kappa shape index (κ3) is 5.14. The largest absolute Gasteiger partial charge is 0.314 e. The quantitative estimate of drug-likeness (QED) is 0.772. The van der Waals surface area contributed by atoms with E-state index >= 15 is 0 Å². The van der Waals surface area contributed by atoms with E-state index in [4.69, 9.17) is 5.10 Å². The smallest absolute Gasteiger partial charge is 0.0624 e. The molecule has 0 radical (unpaired) electrons. The lowest BCUT2D eigenvalue weighted by Crippen LogP contribution is -2.33. The van der Waals surface area contributed by atoms with E-state index in [1.165, 1.54) is 50.6 Å². The summed E-state index contributed by atoms with van der Waals surface area (Å²) < 4.78 is 2.23. The van der Waals surface area contributed by atoms with Crippen molar-refractivity contribution in [3.63, 3.8) is 0 Å². The van der Waals surface area contributed by atoms with Crippen LogP contribution in [0.2, 0.25) is 0 Å². The molecule has 1 fully saturated rings. The lowest BCUT2D eigenvalue weighted by molar-refractivity contribution is 0.327. The predicted octanol–water partition coefficient (Wildman–Crippen LogP) is 4.35. The first-order valence-corrected chi connectivity index (χ1v) is 8.98. The normalized spacial score (nSPS) is 18.3. The molecule has 0 aromatic carbocycles. The van der Waals surface area contributed by atoms with E-state index in [1.807, 2.05) is 0 Å². The predicted molar refractivity (Wildman–Crippen MR) is 89.6 cm³/mol. The number of aromatic nitrogens is 2. The number of nitrogens with zero attached hydrogens (tertiary/aromatic N) is 2. The van der Waals surface area contributed by atoms with Gasteiger partial charge < -0.3 is 5.32 Å². The summed E-state index contributed by atoms with van der Waals surface area (Å²) in [6.45, 7) is 7.89. The summed E-state index contributed by atoms with van der Waals surface area (Å²) in [5, 5.41) is 8.42. The molecule has 1 unspecified atom stereocenters. The second kappa shape index (κ2) is 8.57. The molecule has 0 spiro atoms. The van der Waals surface area contributed by atoms with Crippen LogP contribution in [0.5, 0.6) is 0 Å². The van der Waals surface area contributed by atoms with Crippen LogP contribution in [-0.4, -0.2) is 22.4 Å². The van der Waals surface area contributed by atoms with E-state index < -0.39 is 0 Å². The maximum absolute atomic E-state index is 4.82. The lowest BCUT2D eigenvalue weighted by Gasteiger charge is -2.22. The van der Waals surface area contributed by atoms with Crippen LogP contribution in [0.15, 0.2) is 12.3 Å². The summed E-state index contributed by atoms with van der Waals surface area (Å²) >= 11 is 0. The third-order valence-electron chi connectivity index (χ3n) is 4.83. The van der Waals surface area contributed by atoms with Gasteiger partial charge in [0.2, 0.25) is 0 Å². The molecule has 1 aromatic heterocycles. The third-order valence-corrected chi connectivity index (χ3v) is 4.83. The van der Waals surface area contributed by atoms with Gasteiger partial charge in [-0.2, -0.15) is 5.10 Å². The van der Waals surface area contributed by atoms with Crippen LogP contribution < -0.4 is 5.32 Å². The standard InChI is InChI=1S/C18H33N3/c1-4-19-18(15(2)3)12-8-9-16-13-14-21(20-16)17-10-6-5-7-11-17/h13-15,17-19H,4-12H2,1-3H3. The summed E-state index contributed by atoms with van der Waals surface area (Å²) in [5.74, 6) is 0.713. The molecule has 1 aromatic rings. The van der Waals surface area contributed by atoms with E-state index in [0.29, 0.717) is 18.0 Å². The molecule has 1 aliphatic carbocycles. The number of rotatable bonds is 8. The molecule has 1 saturated carbocycles. The zero-order chi connectivity index (χ0) is 15.1. The fraction of sp³-hybridized carbons (Fsp3) is 0.833. The minimum absolute atomic E-state index is 0.649. The van der Waals surface area contributed by atoms with Crippen molar-refractivity contribution < 1.29 is 0 Å². The van der Waals surface area contributed by atoms with Crippen LogP contribution >= 0.6 is 0 Å². The van der Waals surface area contributed by atoms with Gasteiger partial charge in [0.1, 0.15) is 0 Å². The van der Waals surface area contributed by atoms with Gasteiger partial charge in [-0.05, 0) is 50.6 Å². The molecule has 3 nitrogen and oxygen atoms in total. The van der Waals surface area contributed by atoms with Gasteiger partial charge in [-0.25, -0.2) is 0 Å². The summed E-state index contributed by atoms with van der Waals surface area (Å²) in [5.41, 5.74) is 1.28. The Labute approximate surface area is 130 Å². The van der Waals surface area contributed by atoms with Gasteiger partial charge >= 0.3 is 0 Å². The molecule has 1 atom stereocenters. The Balaban J connectivity index is 1.77. The van der Waals surface area contributed by atoms with Crippen LogP contribution in [-0.2, 0) is 6.42 Å². The van der Waals surface area contributed by atoms with Crippen LogP contribution in [0.25, 0.3) is 0 Å². The van der Waals surface area contributed by atoms with E-state index in [1.54, 1.807) is 0 Å². The Bertz CT molecular complexity index is 391. The van der Waals surface area contributed by atoms with E-state index in [-0.39, 0.29) is 0 Å². The van der Waals surface area contributed by atoms with Crippen molar-refractivity contribution in [3.8, 4) is 0 Å². The van der Waals surface area contributed by atoms with E-state index in [9.17, 15) is 0 Å². The molecule has 1 aliphatic rings. The van der Waals surface area contributed by atoms with Gasteiger partial charge in [0.05, 0.1) is 11.7 Å². The van der Waals surface area contributed by atoms with Crippen molar-refractivity contribution in [2.45, 2.75) is 84.2 Å². The molecule has 3 heteroatoms. The first kappa shape index (κ1) is 16.5. The van der Waals surface area contributed by atoms with Crippen LogP contribution in [0.1, 0.15) is 77.5 Å². The molecule has 0 aliphatic heterocycles. The molecular weight excluding hydrogens is 258 g/mol. The number of hydrogen-bond acceptors (Lipinski definition) is 2. The molecule has 120 valence electrons. The molecule has 0 saturated heterocycles. The molecule has 0 amide bonds. The van der Waals surface area contributed by atoms with Crippen LogP contribution in [0.4, 0.5) is 0 Å². The van der Waals surface area contributed by atoms with Crippen molar-refractivity contribution in [2.75, 3.05) is 6.54 Å².